The van der Waals surface area contributed by atoms with E-state index in [2.05, 4.69) is 10.3 Å². The van der Waals surface area contributed by atoms with Crippen LogP contribution in [0.5, 0.6) is 0 Å². The van der Waals surface area contributed by atoms with Crippen LogP contribution in [-0.2, 0) is 41.9 Å². The summed E-state index contributed by atoms with van der Waals surface area (Å²) in [6.07, 6.45) is 2.69. The third-order valence-electron chi connectivity index (χ3n) is 5.74. The molecule has 0 saturated carbocycles. The molecule has 0 aliphatic rings. The molecule has 32 heavy (non-hydrogen) atoms. The number of nitrogens with one attached hydrogen (secondary N) is 2. The van der Waals surface area contributed by atoms with Crippen LogP contribution in [0.3, 0.4) is 0 Å². The number of para-hydroxylation sites is 1. The van der Waals surface area contributed by atoms with E-state index >= 15 is 0 Å². The van der Waals surface area contributed by atoms with E-state index in [0.717, 1.165) is 16.5 Å². The van der Waals surface area contributed by atoms with E-state index in [1.54, 1.807) is 0 Å². The number of aromatic nitrogens is 1. The monoisotopic (exact) mass is 612 g/mol. The van der Waals surface area contributed by atoms with E-state index < -0.39 is 23.4 Å². The number of carbonyl (C=O) groups is 3. The molecule has 1 unspecified atom stereocenters. The number of aromatic amines is 1. The maximum atomic E-state index is 13.3. The maximum Gasteiger partial charge on any atom is 0.237 e. The summed E-state index contributed by atoms with van der Waals surface area (Å²) in [6, 6.07) is 6.76. The molecule has 0 bridgehead atoms. The Morgan fingerprint density at radius 3 is 2.34 bits per heavy atom. The molecule has 1 aromatic carbocycles. The van der Waals surface area contributed by atoms with Gasteiger partial charge in [0.25, 0.3) is 0 Å². The maximum absolute atomic E-state index is 13.3. The number of ketones is 1. The number of amides is 2. The first-order valence-electron chi connectivity index (χ1n) is 10.8. The molecule has 1 heterocycles. The van der Waals surface area contributed by atoms with Crippen molar-refractivity contribution in [2.24, 2.45) is 11.1 Å². The number of likely N-dealkylation sites (N-methyl/N-ethyl adjacent to an activating group) is 1. The van der Waals surface area contributed by atoms with E-state index in [1.165, 1.54) is 0 Å². The van der Waals surface area contributed by atoms with Gasteiger partial charge in [-0.25, -0.2) is 0 Å². The fraction of sp³-hybridized carbons (Fsp3) is 0.542. The smallest absolute Gasteiger partial charge is 0.237 e. The zero-order valence-electron chi connectivity index (χ0n) is 19.9. The number of hydrogen-bond donors (Lipinski definition) is 3. The Morgan fingerprint density at radius 1 is 1.16 bits per heavy atom. The number of carbonyl (C=O) groups excluding carboxylic acids is 3. The van der Waals surface area contributed by atoms with Crippen LogP contribution in [0.2, 0.25) is 0 Å². The average Bonchev–Trinajstić information content (AvgIpc) is 3.08. The average molecular weight is 612 g/mol. The third-order valence-corrected chi connectivity index (χ3v) is 5.74. The quantitative estimate of drug-likeness (QED) is 0.384. The van der Waals surface area contributed by atoms with Crippen LogP contribution in [0.4, 0.5) is 0 Å². The normalized spacial score (nSPS) is 13.6. The summed E-state index contributed by atoms with van der Waals surface area (Å²) in [5.74, 6) is -0.747. The van der Waals surface area contributed by atoms with Crippen molar-refractivity contribution < 1.29 is 35.4 Å². The molecular formula is C24H36N4O3W. The first-order chi connectivity index (χ1) is 14.4. The molecule has 1 aromatic heterocycles. The van der Waals surface area contributed by atoms with Gasteiger partial charge in [-0.15, -0.1) is 0 Å². The minimum Gasteiger partial charge on any atom is -0.370 e. The van der Waals surface area contributed by atoms with Gasteiger partial charge in [-0.2, -0.15) is 0 Å². The summed E-state index contributed by atoms with van der Waals surface area (Å²) in [4.78, 5) is 43.0. The molecule has 7 nitrogen and oxygen atoms in total. The summed E-state index contributed by atoms with van der Waals surface area (Å²) in [5, 5.41) is 4.02. The van der Waals surface area contributed by atoms with Gasteiger partial charge in [0, 0.05) is 62.5 Å². The standard InChI is InChI=1S/C24H36N4O3.W/c1-15(2)28(6)20(11-12-21(25)29)23(31)27-19(22(30)24(3,4)5)13-16-14-26-18-10-8-7-9-17(16)18;/h7-10,14-15,19-20,26H,11-13H2,1-6H3,(H2,25,29)(H,27,31);/t19?,20-;/m0./s1. The van der Waals surface area contributed by atoms with Crippen molar-refractivity contribution in [3.05, 3.63) is 36.0 Å². The second kappa shape index (κ2) is 11.8. The van der Waals surface area contributed by atoms with Crippen molar-refractivity contribution in [1.29, 1.82) is 0 Å². The number of H-pyrrole nitrogens is 1. The molecule has 0 aliphatic heterocycles. The van der Waals surface area contributed by atoms with Gasteiger partial charge in [0.05, 0.1) is 12.1 Å². The van der Waals surface area contributed by atoms with Crippen LogP contribution in [0.15, 0.2) is 30.5 Å². The molecule has 8 heteroatoms. The number of hydrogen-bond acceptors (Lipinski definition) is 4. The molecular weight excluding hydrogens is 576 g/mol. The number of primary amides is 1. The molecule has 2 amide bonds. The second-order valence-electron chi connectivity index (χ2n) is 9.52. The largest absolute Gasteiger partial charge is 0.370 e. The molecule has 0 radical (unpaired) electrons. The van der Waals surface area contributed by atoms with E-state index in [0.29, 0.717) is 12.8 Å². The summed E-state index contributed by atoms with van der Waals surface area (Å²) >= 11 is 0. The Balaban J connectivity index is 0.00000512. The molecule has 4 N–H and O–H groups in total. The van der Waals surface area contributed by atoms with Crippen LogP contribution in [0.25, 0.3) is 10.9 Å². The van der Waals surface area contributed by atoms with Gasteiger partial charge < -0.3 is 16.0 Å². The Kier molecular flexibility index (Phi) is 10.3. The van der Waals surface area contributed by atoms with Crippen molar-refractivity contribution in [2.75, 3.05) is 7.05 Å². The van der Waals surface area contributed by atoms with Crippen molar-refractivity contribution in [3.8, 4) is 0 Å². The molecule has 0 fully saturated rings. The first kappa shape index (κ1) is 28.1. The van der Waals surface area contributed by atoms with E-state index in [-0.39, 0.29) is 45.2 Å². The van der Waals surface area contributed by atoms with E-state index in [9.17, 15) is 14.4 Å². The minimum absolute atomic E-state index is 0. The SMILES string of the molecule is CC(C)N(C)[C@@H](CCC(N)=O)C(=O)NC(Cc1c[nH]c2ccccc12)C(=O)C(C)(C)C.[W]. The Hall–Kier alpha value is -1.98. The van der Waals surface area contributed by atoms with Crippen molar-refractivity contribution in [2.45, 2.75) is 72.0 Å². The summed E-state index contributed by atoms with van der Waals surface area (Å²) in [6.45, 7) is 9.53. The van der Waals surface area contributed by atoms with Crippen molar-refractivity contribution in [3.63, 3.8) is 0 Å². The number of nitrogens with zero attached hydrogens (tertiary/aromatic N) is 1. The van der Waals surface area contributed by atoms with Gasteiger partial charge in [-0.1, -0.05) is 39.0 Å². The predicted molar refractivity (Wildman–Crippen MR) is 124 cm³/mol. The molecule has 2 atom stereocenters. The first-order valence-corrected chi connectivity index (χ1v) is 10.8. The van der Waals surface area contributed by atoms with Crippen LogP contribution in [0.1, 0.15) is 53.0 Å². The van der Waals surface area contributed by atoms with Crippen LogP contribution in [-0.4, -0.2) is 52.7 Å². The topological polar surface area (TPSA) is 108 Å². The molecule has 2 rings (SSSR count). The Morgan fingerprint density at radius 2 is 1.78 bits per heavy atom. The number of rotatable bonds is 10. The number of benzene rings is 1. The molecule has 0 saturated heterocycles. The van der Waals surface area contributed by atoms with Gasteiger partial charge >= 0.3 is 0 Å². The molecule has 0 aliphatic carbocycles. The molecule has 0 spiro atoms. The Labute approximate surface area is 205 Å². The number of nitrogens with two attached hydrogens (primary N) is 1. The minimum atomic E-state index is -0.677. The van der Waals surface area contributed by atoms with Crippen molar-refractivity contribution in [1.82, 2.24) is 15.2 Å². The molecule has 2 aromatic rings. The fourth-order valence-electron chi connectivity index (χ4n) is 3.68. The molecule has 176 valence electrons. The van der Waals surface area contributed by atoms with E-state index in [4.69, 9.17) is 5.73 Å². The second-order valence-corrected chi connectivity index (χ2v) is 9.52. The summed E-state index contributed by atoms with van der Waals surface area (Å²) in [5.41, 5.74) is 6.67. The summed E-state index contributed by atoms with van der Waals surface area (Å²) < 4.78 is 0. The van der Waals surface area contributed by atoms with Crippen LogP contribution >= 0.6 is 0 Å². The summed E-state index contributed by atoms with van der Waals surface area (Å²) in [7, 11) is 1.84. The third kappa shape index (κ3) is 7.28. The zero-order valence-corrected chi connectivity index (χ0v) is 22.8. The fourth-order valence-corrected chi connectivity index (χ4v) is 3.68. The van der Waals surface area contributed by atoms with Crippen LogP contribution in [0, 0.1) is 5.41 Å². The van der Waals surface area contributed by atoms with Gasteiger partial charge in [0.1, 0.15) is 0 Å². The van der Waals surface area contributed by atoms with Crippen molar-refractivity contribution >= 4 is 28.5 Å². The van der Waals surface area contributed by atoms with Gasteiger partial charge in [0.15, 0.2) is 5.78 Å². The predicted octanol–water partition coefficient (Wildman–Crippen LogP) is 2.78. The Bertz CT molecular complexity index is 933. The van der Waals surface area contributed by atoms with Gasteiger partial charge in [-0.05, 0) is 38.9 Å². The van der Waals surface area contributed by atoms with E-state index in [1.807, 2.05) is 77.0 Å². The van der Waals surface area contributed by atoms with Gasteiger partial charge in [-0.3, -0.25) is 19.3 Å². The number of fused-ring (bicyclic) bond motifs is 1. The van der Waals surface area contributed by atoms with Gasteiger partial charge in [0.2, 0.25) is 11.8 Å². The van der Waals surface area contributed by atoms with Crippen LogP contribution < -0.4 is 11.1 Å². The number of Topliss-reactive ketones (excluding diaryl/α,β-unsaturated/α-hetero) is 1. The zero-order chi connectivity index (χ0) is 23.3.